The molecule has 0 saturated heterocycles. The second-order valence-electron chi connectivity index (χ2n) is 2.78. The Morgan fingerprint density at radius 3 is 2.33 bits per heavy atom. The number of halogens is 1. The molecule has 0 heterocycles. The van der Waals surface area contributed by atoms with E-state index in [4.69, 9.17) is 21.1 Å². The van der Waals surface area contributed by atoms with Gasteiger partial charge in [-0.1, -0.05) is 0 Å². The highest BCUT2D eigenvalue weighted by molar-refractivity contribution is 6.27. The average Bonchev–Trinajstić information content (AvgIpc) is 2.25. The summed E-state index contributed by atoms with van der Waals surface area (Å²) in [7, 11) is 0. The first kappa shape index (κ1) is 14.6. The summed E-state index contributed by atoms with van der Waals surface area (Å²) < 4.78 is 10.3. The maximum Gasteiger partial charge on any atom is 0.235 e. The Morgan fingerprint density at radius 1 is 1.40 bits per heavy atom. The van der Waals surface area contributed by atoms with Crippen LogP contribution in [-0.4, -0.2) is 49.0 Å². The van der Waals surface area contributed by atoms with Gasteiger partial charge in [-0.15, -0.1) is 11.6 Å². The molecular formula is C9H18ClNO4. The van der Waals surface area contributed by atoms with Crippen molar-refractivity contribution in [1.82, 2.24) is 5.32 Å². The van der Waals surface area contributed by atoms with E-state index in [1.165, 1.54) is 0 Å². The third-order valence-electron chi connectivity index (χ3n) is 1.61. The first-order valence-electron chi connectivity index (χ1n) is 4.89. The molecule has 1 atom stereocenters. The number of alkyl halides is 1. The van der Waals surface area contributed by atoms with E-state index < -0.39 is 12.4 Å². The highest BCUT2D eigenvalue weighted by Crippen LogP contribution is 2.01. The Morgan fingerprint density at radius 2 is 1.93 bits per heavy atom. The van der Waals surface area contributed by atoms with Gasteiger partial charge in [-0.05, 0) is 13.8 Å². The van der Waals surface area contributed by atoms with E-state index in [0.29, 0.717) is 13.2 Å². The smallest absolute Gasteiger partial charge is 0.235 e. The van der Waals surface area contributed by atoms with Gasteiger partial charge in [-0.2, -0.15) is 0 Å². The van der Waals surface area contributed by atoms with Crippen molar-refractivity contribution in [3.8, 4) is 0 Å². The third-order valence-corrected chi connectivity index (χ3v) is 1.85. The molecule has 5 nitrogen and oxygen atoms in total. The number of hydrogen-bond donors (Lipinski definition) is 2. The summed E-state index contributed by atoms with van der Waals surface area (Å²) in [5.41, 5.74) is 0. The van der Waals surface area contributed by atoms with Gasteiger partial charge in [0.25, 0.3) is 0 Å². The van der Waals surface area contributed by atoms with Crippen molar-refractivity contribution in [2.75, 3.05) is 25.6 Å². The number of aliphatic hydroxyl groups excluding tert-OH is 1. The lowest BCUT2D eigenvalue weighted by Crippen LogP contribution is -2.42. The number of amides is 1. The van der Waals surface area contributed by atoms with Crippen LogP contribution >= 0.6 is 11.6 Å². The molecule has 1 amide bonds. The van der Waals surface area contributed by atoms with Gasteiger partial charge in [0.15, 0.2) is 6.29 Å². The van der Waals surface area contributed by atoms with Gasteiger partial charge in [-0.3, -0.25) is 4.79 Å². The van der Waals surface area contributed by atoms with E-state index in [-0.39, 0.29) is 18.3 Å². The van der Waals surface area contributed by atoms with Crippen LogP contribution in [0.3, 0.4) is 0 Å². The molecule has 0 spiro atoms. The largest absolute Gasteiger partial charge is 0.386 e. The van der Waals surface area contributed by atoms with Gasteiger partial charge in [0.1, 0.15) is 12.0 Å². The second-order valence-corrected chi connectivity index (χ2v) is 3.05. The SMILES string of the molecule is CCOC(OCC)C(O)CNC(=O)CCl. The fourth-order valence-corrected chi connectivity index (χ4v) is 1.06. The maximum absolute atomic E-state index is 10.8. The number of ether oxygens (including phenoxy) is 2. The van der Waals surface area contributed by atoms with Crippen LogP contribution in [0.25, 0.3) is 0 Å². The van der Waals surface area contributed by atoms with Crippen LogP contribution < -0.4 is 5.32 Å². The first-order chi connectivity index (χ1) is 7.15. The highest BCUT2D eigenvalue weighted by atomic mass is 35.5. The molecule has 2 N–H and O–H groups in total. The summed E-state index contributed by atoms with van der Waals surface area (Å²) >= 11 is 5.28. The Bertz CT molecular complexity index is 173. The van der Waals surface area contributed by atoms with Crippen molar-refractivity contribution in [3.63, 3.8) is 0 Å². The minimum atomic E-state index is -0.892. The molecule has 0 aromatic carbocycles. The number of nitrogens with one attached hydrogen (secondary N) is 1. The van der Waals surface area contributed by atoms with E-state index in [2.05, 4.69) is 5.32 Å². The molecule has 0 aromatic rings. The predicted molar refractivity (Wildman–Crippen MR) is 56.8 cm³/mol. The number of rotatable bonds is 8. The normalized spacial score (nSPS) is 12.9. The molecule has 15 heavy (non-hydrogen) atoms. The Hall–Kier alpha value is -0.360. The maximum atomic E-state index is 10.8. The van der Waals surface area contributed by atoms with E-state index in [1.54, 1.807) is 13.8 Å². The van der Waals surface area contributed by atoms with Crippen LogP contribution in [-0.2, 0) is 14.3 Å². The molecule has 0 aliphatic rings. The number of hydrogen-bond acceptors (Lipinski definition) is 4. The number of carbonyl (C=O) groups excluding carboxylic acids is 1. The molecule has 0 fully saturated rings. The van der Waals surface area contributed by atoms with E-state index in [0.717, 1.165) is 0 Å². The standard InChI is InChI=1S/C9H18ClNO4/c1-3-14-9(15-4-2)7(12)6-11-8(13)5-10/h7,9,12H,3-6H2,1-2H3,(H,11,13). The molecule has 6 heteroatoms. The molecule has 0 rings (SSSR count). The van der Waals surface area contributed by atoms with Gasteiger partial charge in [-0.25, -0.2) is 0 Å². The van der Waals surface area contributed by atoms with Crippen molar-refractivity contribution in [3.05, 3.63) is 0 Å². The highest BCUT2D eigenvalue weighted by Gasteiger charge is 2.19. The van der Waals surface area contributed by atoms with Crippen LogP contribution in [0.2, 0.25) is 0 Å². The zero-order valence-corrected chi connectivity index (χ0v) is 9.79. The minimum Gasteiger partial charge on any atom is -0.386 e. The van der Waals surface area contributed by atoms with Crippen LogP contribution in [0.15, 0.2) is 0 Å². The summed E-state index contributed by atoms with van der Waals surface area (Å²) in [6.45, 7) is 4.54. The van der Waals surface area contributed by atoms with Crippen LogP contribution in [0.4, 0.5) is 0 Å². The van der Waals surface area contributed by atoms with Gasteiger partial charge in [0.05, 0.1) is 0 Å². The fraction of sp³-hybridized carbons (Fsp3) is 0.889. The van der Waals surface area contributed by atoms with Crippen LogP contribution in [0.5, 0.6) is 0 Å². The zero-order chi connectivity index (χ0) is 11.7. The van der Waals surface area contributed by atoms with Gasteiger partial charge in [0.2, 0.25) is 5.91 Å². The summed E-state index contributed by atoms with van der Waals surface area (Å²) in [5, 5.41) is 12.1. The molecule has 0 radical (unpaired) electrons. The molecule has 0 aliphatic heterocycles. The minimum absolute atomic E-state index is 0.0657. The monoisotopic (exact) mass is 239 g/mol. The average molecular weight is 240 g/mol. The second kappa shape index (κ2) is 8.91. The molecular weight excluding hydrogens is 222 g/mol. The number of carbonyl (C=O) groups is 1. The summed E-state index contributed by atoms with van der Waals surface area (Å²) in [4.78, 5) is 10.8. The molecule has 90 valence electrons. The van der Waals surface area contributed by atoms with Crippen molar-refractivity contribution in [1.29, 1.82) is 0 Å². The van der Waals surface area contributed by atoms with Crippen LogP contribution in [0, 0.1) is 0 Å². The molecule has 0 aliphatic carbocycles. The Balaban J connectivity index is 3.89. The van der Waals surface area contributed by atoms with E-state index >= 15 is 0 Å². The van der Waals surface area contributed by atoms with Crippen LogP contribution in [0.1, 0.15) is 13.8 Å². The quantitative estimate of drug-likeness (QED) is 0.466. The van der Waals surface area contributed by atoms with Gasteiger partial charge in [0, 0.05) is 19.8 Å². The lowest BCUT2D eigenvalue weighted by molar-refractivity contribution is -0.188. The topological polar surface area (TPSA) is 67.8 Å². The van der Waals surface area contributed by atoms with E-state index in [9.17, 15) is 9.90 Å². The Labute approximate surface area is 94.7 Å². The van der Waals surface area contributed by atoms with Crippen molar-refractivity contribution >= 4 is 17.5 Å². The van der Waals surface area contributed by atoms with Crippen molar-refractivity contribution in [2.45, 2.75) is 26.2 Å². The summed E-state index contributed by atoms with van der Waals surface area (Å²) in [6.07, 6.45) is -1.60. The predicted octanol–water partition coefficient (Wildman–Crippen LogP) is 0.101. The summed E-state index contributed by atoms with van der Waals surface area (Å²) in [6, 6.07) is 0. The van der Waals surface area contributed by atoms with Crippen molar-refractivity contribution in [2.24, 2.45) is 0 Å². The fourth-order valence-electron chi connectivity index (χ4n) is 0.961. The van der Waals surface area contributed by atoms with Gasteiger partial charge >= 0.3 is 0 Å². The first-order valence-corrected chi connectivity index (χ1v) is 5.43. The third kappa shape index (κ3) is 6.67. The summed E-state index contributed by atoms with van der Waals surface area (Å²) in [5.74, 6) is -0.455. The zero-order valence-electron chi connectivity index (χ0n) is 9.03. The Kier molecular flexibility index (Phi) is 8.70. The lowest BCUT2D eigenvalue weighted by atomic mass is 10.3. The van der Waals surface area contributed by atoms with Crippen molar-refractivity contribution < 1.29 is 19.4 Å². The lowest BCUT2D eigenvalue weighted by Gasteiger charge is -2.22. The van der Waals surface area contributed by atoms with Gasteiger partial charge < -0.3 is 19.9 Å². The number of aliphatic hydroxyl groups is 1. The molecule has 0 aromatic heterocycles. The molecule has 1 unspecified atom stereocenters. The van der Waals surface area contributed by atoms with E-state index in [1.807, 2.05) is 0 Å². The molecule has 0 saturated carbocycles. The molecule has 0 bridgehead atoms.